The molecule has 2 amide bonds. The molecule has 2 aromatic rings. The molecule has 0 aromatic heterocycles. The number of carboxylic acids is 1. The Morgan fingerprint density at radius 1 is 0.969 bits per heavy atom. The molecule has 0 bridgehead atoms. The molecule has 0 spiro atoms. The van der Waals surface area contributed by atoms with Crippen molar-refractivity contribution in [2.24, 2.45) is 0 Å². The fourth-order valence-corrected chi connectivity index (χ4v) is 4.28. The smallest absolute Gasteiger partial charge is 0.407 e. The molecule has 2 atom stereocenters. The topological polar surface area (TPSA) is 114 Å². The summed E-state index contributed by atoms with van der Waals surface area (Å²) in [5, 5.41) is 14.2. The number of carbonyl (C=O) groups is 3. The van der Waals surface area contributed by atoms with Crippen molar-refractivity contribution in [3.63, 3.8) is 0 Å². The maximum absolute atomic E-state index is 12.1. The van der Waals surface area contributed by atoms with Crippen LogP contribution in [0.1, 0.15) is 36.3 Å². The molecule has 2 aromatic carbocycles. The number of carboxylic acid groups (broad SMARTS) is 1. The second-order valence-corrected chi connectivity index (χ2v) is 7.97. The number of benzene rings is 2. The van der Waals surface area contributed by atoms with Crippen molar-refractivity contribution >= 4 is 18.0 Å². The van der Waals surface area contributed by atoms with Gasteiger partial charge in [-0.15, -0.1) is 0 Å². The summed E-state index contributed by atoms with van der Waals surface area (Å²) in [5.41, 5.74) is 4.60. The van der Waals surface area contributed by atoms with Crippen molar-refractivity contribution in [2.75, 3.05) is 19.7 Å². The van der Waals surface area contributed by atoms with Gasteiger partial charge in [0.15, 0.2) is 6.10 Å². The number of hydrogen-bond acceptors (Lipinski definition) is 5. The lowest BCUT2D eigenvalue weighted by atomic mass is 9.98. The Bertz CT molecular complexity index is 962. The maximum Gasteiger partial charge on any atom is 0.407 e. The van der Waals surface area contributed by atoms with Crippen LogP contribution in [0.4, 0.5) is 4.79 Å². The number of carbonyl (C=O) groups excluding carboxylic acids is 2. The summed E-state index contributed by atoms with van der Waals surface area (Å²) in [6.07, 6.45) is -0.529. The molecular formula is C24H26N2O6. The maximum atomic E-state index is 12.1. The predicted molar refractivity (Wildman–Crippen MR) is 116 cm³/mol. The third kappa shape index (κ3) is 4.91. The zero-order valence-electron chi connectivity index (χ0n) is 17.6. The van der Waals surface area contributed by atoms with E-state index >= 15 is 0 Å². The molecule has 1 fully saturated rings. The fourth-order valence-electron chi connectivity index (χ4n) is 4.28. The minimum atomic E-state index is -0.980. The molecule has 2 aliphatic rings. The van der Waals surface area contributed by atoms with Crippen molar-refractivity contribution in [1.82, 2.24) is 10.6 Å². The summed E-state index contributed by atoms with van der Waals surface area (Å²) in [6.45, 7) is 0.620. The van der Waals surface area contributed by atoms with Gasteiger partial charge < -0.3 is 25.2 Å². The van der Waals surface area contributed by atoms with Gasteiger partial charge in [-0.25, -0.2) is 9.59 Å². The first-order valence-corrected chi connectivity index (χ1v) is 10.8. The number of hydrogen-bond donors (Lipinski definition) is 3. The van der Waals surface area contributed by atoms with Crippen LogP contribution in [0.5, 0.6) is 0 Å². The minimum Gasteiger partial charge on any atom is -0.479 e. The SMILES string of the molecule is O=C(CCNC(=O)OCC1c2ccccc2-c2ccccc21)NCC1CCC(C(=O)O)O1. The molecule has 0 radical (unpaired) electrons. The molecule has 0 saturated carbocycles. The normalized spacial score (nSPS) is 19.1. The van der Waals surface area contributed by atoms with Crippen LogP contribution in [0, 0.1) is 0 Å². The van der Waals surface area contributed by atoms with Crippen molar-refractivity contribution in [3.8, 4) is 11.1 Å². The monoisotopic (exact) mass is 438 g/mol. The van der Waals surface area contributed by atoms with E-state index in [1.165, 1.54) is 0 Å². The van der Waals surface area contributed by atoms with Gasteiger partial charge in [0.05, 0.1) is 6.10 Å². The summed E-state index contributed by atoms with van der Waals surface area (Å²) in [6, 6.07) is 16.2. The quantitative estimate of drug-likeness (QED) is 0.584. The van der Waals surface area contributed by atoms with Crippen molar-refractivity contribution in [2.45, 2.75) is 37.4 Å². The van der Waals surface area contributed by atoms with E-state index in [9.17, 15) is 14.4 Å². The van der Waals surface area contributed by atoms with Crippen LogP contribution in [0.3, 0.4) is 0 Å². The number of amides is 2. The number of alkyl carbamates (subject to hydrolysis) is 1. The van der Waals surface area contributed by atoms with E-state index in [1.54, 1.807) is 0 Å². The van der Waals surface area contributed by atoms with Gasteiger partial charge in [0.2, 0.25) is 5.91 Å². The average molecular weight is 438 g/mol. The van der Waals surface area contributed by atoms with Crippen LogP contribution in [0.25, 0.3) is 11.1 Å². The van der Waals surface area contributed by atoms with Gasteiger partial charge in [0.25, 0.3) is 0 Å². The van der Waals surface area contributed by atoms with Gasteiger partial charge in [-0.1, -0.05) is 48.5 Å². The number of fused-ring (bicyclic) bond motifs is 3. The lowest BCUT2D eigenvalue weighted by Crippen LogP contribution is -2.35. The second-order valence-electron chi connectivity index (χ2n) is 7.97. The van der Waals surface area contributed by atoms with Crippen LogP contribution in [0.2, 0.25) is 0 Å². The highest BCUT2D eigenvalue weighted by Gasteiger charge is 2.31. The number of rotatable bonds is 8. The van der Waals surface area contributed by atoms with Gasteiger partial charge in [0.1, 0.15) is 6.61 Å². The summed E-state index contributed by atoms with van der Waals surface area (Å²) in [7, 11) is 0. The lowest BCUT2D eigenvalue weighted by Gasteiger charge is -2.15. The van der Waals surface area contributed by atoms with Crippen LogP contribution >= 0.6 is 0 Å². The molecule has 1 aliphatic carbocycles. The highest BCUT2D eigenvalue weighted by molar-refractivity contribution is 5.79. The van der Waals surface area contributed by atoms with E-state index < -0.39 is 18.2 Å². The molecule has 1 aliphatic heterocycles. The van der Waals surface area contributed by atoms with Crippen LogP contribution < -0.4 is 10.6 Å². The second kappa shape index (κ2) is 9.82. The van der Waals surface area contributed by atoms with Gasteiger partial charge >= 0.3 is 12.1 Å². The molecule has 32 heavy (non-hydrogen) atoms. The van der Waals surface area contributed by atoms with Crippen LogP contribution in [0.15, 0.2) is 48.5 Å². The Kier molecular flexibility index (Phi) is 6.70. The summed E-state index contributed by atoms with van der Waals surface area (Å²) >= 11 is 0. The Balaban J connectivity index is 1.18. The van der Waals surface area contributed by atoms with E-state index in [-0.39, 0.29) is 44.0 Å². The average Bonchev–Trinajstić information content (AvgIpc) is 3.40. The molecule has 2 unspecified atom stereocenters. The highest BCUT2D eigenvalue weighted by atomic mass is 16.5. The van der Waals surface area contributed by atoms with Gasteiger partial charge in [-0.05, 0) is 35.1 Å². The zero-order valence-corrected chi connectivity index (χ0v) is 17.6. The van der Waals surface area contributed by atoms with E-state index in [0.29, 0.717) is 12.8 Å². The fraction of sp³-hybridized carbons (Fsp3) is 0.375. The molecule has 3 N–H and O–H groups in total. The summed E-state index contributed by atoms with van der Waals surface area (Å²) in [5.74, 6) is -1.24. The zero-order chi connectivity index (χ0) is 22.5. The van der Waals surface area contributed by atoms with Crippen molar-refractivity contribution in [3.05, 3.63) is 59.7 Å². The first-order chi connectivity index (χ1) is 15.5. The van der Waals surface area contributed by atoms with Gasteiger partial charge in [0, 0.05) is 25.4 Å². The largest absolute Gasteiger partial charge is 0.479 e. The molecule has 1 saturated heterocycles. The molecular weight excluding hydrogens is 412 g/mol. The number of aliphatic carboxylic acids is 1. The number of nitrogens with one attached hydrogen (secondary N) is 2. The molecule has 168 valence electrons. The molecule has 8 heteroatoms. The highest BCUT2D eigenvalue weighted by Crippen LogP contribution is 2.44. The third-order valence-electron chi connectivity index (χ3n) is 5.87. The Labute approximate surface area is 185 Å². The first-order valence-electron chi connectivity index (χ1n) is 10.8. The van der Waals surface area contributed by atoms with Gasteiger partial charge in [-0.3, -0.25) is 4.79 Å². The lowest BCUT2D eigenvalue weighted by molar-refractivity contribution is -0.149. The molecule has 8 nitrogen and oxygen atoms in total. The van der Waals surface area contributed by atoms with E-state index in [1.807, 2.05) is 24.3 Å². The van der Waals surface area contributed by atoms with Crippen LogP contribution in [-0.2, 0) is 19.1 Å². The van der Waals surface area contributed by atoms with E-state index in [0.717, 1.165) is 22.3 Å². The molecule has 1 heterocycles. The Morgan fingerprint density at radius 2 is 1.62 bits per heavy atom. The summed E-state index contributed by atoms with van der Waals surface area (Å²) < 4.78 is 10.8. The number of ether oxygens (including phenoxy) is 2. The summed E-state index contributed by atoms with van der Waals surface area (Å²) in [4.78, 5) is 35.0. The predicted octanol–water partition coefficient (Wildman–Crippen LogP) is 2.66. The van der Waals surface area contributed by atoms with Crippen molar-refractivity contribution in [1.29, 1.82) is 0 Å². The van der Waals surface area contributed by atoms with E-state index in [2.05, 4.69) is 34.9 Å². The van der Waals surface area contributed by atoms with Gasteiger partial charge in [-0.2, -0.15) is 0 Å². The Morgan fingerprint density at radius 3 is 2.25 bits per heavy atom. The van der Waals surface area contributed by atoms with Crippen LogP contribution in [-0.4, -0.2) is 55.0 Å². The standard InChI is InChI=1S/C24H26N2O6/c27-22(26-13-15-9-10-21(32-15)23(28)29)11-12-25-24(30)31-14-20-18-7-3-1-5-16(18)17-6-2-4-8-19(17)20/h1-8,15,20-21H,9-14H2,(H,25,30)(H,26,27)(H,28,29). The minimum absolute atomic E-state index is 0.0162. The Hall–Kier alpha value is -3.39. The molecule has 4 rings (SSSR count). The van der Waals surface area contributed by atoms with E-state index in [4.69, 9.17) is 14.6 Å². The van der Waals surface area contributed by atoms with Crippen molar-refractivity contribution < 1.29 is 29.0 Å². The third-order valence-corrected chi connectivity index (χ3v) is 5.87. The first kappa shape index (κ1) is 21.8.